The van der Waals surface area contributed by atoms with Crippen molar-refractivity contribution in [2.75, 3.05) is 26.0 Å². The first-order valence-corrected chi connectivity index (χ1v) is 11.8. The van der Waals surface area contributed by atoms with E-state index >= 15 is 0 Å². The van der Waals surface area contributed by atoms with Gasteiger partial charge in [-0.05, 0) is 32.1 Å². The monoisotopic (exact) mass is 466 g/mol. The second kappa shape index (κ2) is 10.9. The number of amides is 2. The van der Waals surface area contributed by atoms with Gasteiger partial charge in [0.2, 0.25) is 5.91 Å². The number of para-hydroxylation sites is 1. The largest absolute Gasteiger partial charge is 0.345 e. The lowest BCUT2D eigenvalue weighted by atomic mass is 9.98. The van der Waals surface area contributed by atoms with E-state index in [1.165, 1.54) is 0 Å². The van der Waals surface area contributed by atoms with Crippen molar-refractivity contribution < 1.29 is 9.59 Å². The number of pyridine rings is 1. The third-order valence-electron chi connectivity index (χ3n) is 5.81. The molecule has 0 spiro atoms. The van der Waals surface area contributed by atoms with Crippen molar-refractivity contribution in [1.82, 2.24) is 15.2 Å². The van der Waals surface area contributed by atoms with Gasteiger partial charge in [0, 0.05) is 10.9 Å². The second-order valence-electron chi connectivity index (χ2n) is 8.72. The van der Waals surface area contributed by atoms with E-state index in [9.17, 15) is 9.59 Å². The summed E-state index contributed by atoms with van der Waals surface area (Å²) in [6.07, 6.45) is 0.729. The zero-order valence-corrected chi connectivity index (χ0v) is 20.3. The van der Waals surface area contributed by atoms with Crippen LogP contribution in [0.5, 0.6) is 0 Å². The van der Waals surface area contributed by atoms with Gasteiger partial charge in [0.25, 0.3) is 5.91 Å². The van der Waals surface area contributed by atoms with E-state index in [-0.39, 0.29) is 24.4 Å². The summed E-state index contributed by atoms with van der Waals surface area (Å²) in [5, 5.41) is 6.89. The van der Waals surface area contributed by atoms with Crippen LogP contribution in [0.4, 0.5) is 5.69 Å². The van der Waals surface area contributed by atoms with Crippen LogP contribution in [0.2, 0.25) is 0 Å². The van der Waals surface area contributed by atoms with Crippen LogP contribution in [0.25, 0.3) is 22.2 Å². The van der Waals surface area contributed by atoms with Crippen molar-refractivity contribution in [3.63, 3.8) is 0 Å². The fourth-order valence-corrected chi connectivity index (χ4v) is 4.18. The fraction of sp³-hybridized carbons (Fsp3) is 0.207. The summed E-state index contributed by atoms with van der Waals surface area (Å²) in [4.78, 5) is 33.5. The zero-order valence-electron chi connectivity index (χ0n) is 20.3. The Kier molecular flexibility index (Phi) is 7.53. The van der Waals surface area contributed by atoms with Crippen LogP contribution in [0.15, 0.2) is 84.9 Å². The zero-order chi connectivity index (χ0) is 24.8. The number of likely N-dealkylation sites (N-methyl/N-ethyl adjacent to an activating group) is 1. The molecule has 0 saturated carbocycles. The highest BCUT2D eigenvalue weighted by Crippen LogP contribution is 2.35. The Labute approximate surface area is 206 Å². The maximum Gasteiger partial charge on any atom is 0.254 e. The standard InChI is InChI=1S/C29H30N4O2/c1-4-23(20-13-7-5-8-14-20)31-29(35)26-22-17-11-12-18-24(22)30-27(21-15-9-6-10-16-21)28(26)32-25(34)19-33(2)3/h5-18,23H,4,19H2,1-3H3,(H,31,35)(H,32,34)/t23-/m0/s1. The minimum absolute atomic E-state index is 0.166. The lowest BCUT2D eigenvalue weighted by Gasteiger charge is -2.22. The Morgan fingerprint density at radius 1 is 0.886 bits per heavy atom. The Balaban J connectivity index is 1.88. The van der Waals surface area contributed by atoms with Crippen LogP contribution >= 0.6 is 0 Å². The molecule has 0 aliphatic heterocycles. The highest BCUT2D eigenvalue weighted by Gasteiger charge is 2.25. The van der Waals surface area contributed by atoms with Gasteiger partial charge in [-0.25, -0.2) is 4.98 Å². The van der Waals surface area contributed by atoms with Crippen LogP contribution in [0.1, 0.15) is 35.3 Å². The van der Waals surface area contributed by atoms with E-state index in [0.717, 1.165) is 17.5 Å². The molecule has 35 heavy (non-hydrogen) atoms. The van der Waals surface area contributed by atoms with E-state index in [2.05, 4.69) is 10.6 Å². The third-order valence-corrected chi connectivity index (χ3v) is 5.81. The Hall–Kier alpha value is -4.03. The Bertz CT molecular complexity index is 1320. The summed E-state index contributed by atoms with van der Waals surface area (Å²) < 4.78 is 0. The molecule has 1 heterocycles. The second-order valence-corrected chi connectivity index (χ2v) is 8.72. The molecule has 1 atom stereocenters. The fourth-order valence-electron chi connectivity index (χ4n) is 4.18. The minimum atomic E-state index is -0.253. The predicted octanol–water partition coefficient (Wildman–Crippen LogP) is 5.28. The average Bonchev–Trinajstić information content (AvgIpc) is 2.87. The van der Waals surface area contributed by atoms with Crippen LogP contribution in [0, 0.1) is 0 Å². The third kappa shape index (κ3) is 5.55. The highest BCUT2D eigenvalue weighted by molar-refractivity contribution is 6.15. The number of fused-ring (bicyclic) bond motifs is 1. The molecule has 0 fully saturated rings. The summed E-state index contributed by atoms with van der Waals surface area (Å²) in [5.41, 5.74) is 3.94. The SMILES string of the molecule is CC[C@H](NC(=O)c1c(NC(=O)CN(C)C)c(-c2ccccc2)nc2ccccc12)c1ccccc1. The van der Waals surface area contributed by atoms with Gasteiger partial charge in [-0.3, -0.25) is 9.59 Å². The Morgan fingerprint density at radius 2 is 1.51 bits per heavy atom. The molecule has 178 valence electrons. The van der Waals surface area contributed by atoms with Crippen LogP contribution in [0.3, 0.4) is 0 Å². The first kappa shape index (κ1) is 24.1. The lowest BCUT2D eigenvalue weighted by molar-refractivity contribution is -0.116. The summed E-state index contributed by atoms with van der Waals surface area (Å²) in [7, 11) is 3.66. The van der Waals surface area contributed by atoms with Gasteiger partial charge in [0.05, 0.1) is 35.0 Å². The van der Waals surface area contributed by atoms with Gasteiger partial charge >= 0.3 is 0 Å². The number of aromatic nitrogens is 1. The van der Waals surface area contributed by atoms with Crippen molar-refractivity contribution in [2.45, 2.75) is 19.4 Å². The van der Waals surface area contributed by atoms with Crippen LogP contribution in [-0.2, 0) is 4.79 Å². The summed E-state index contributed by atoms with van der Waals surface area (Å²) in [5.74, 6) is -0.468. The van der Waals surface area contributed by atoms with Crippen LogP contribution in [-0.4, -0.2) is 42.3 Å². The van der Waals surface area contributed by atoms with Gasteiger partial charge in [-0.2, -0.15) is 0 Å². The van der Waals surface area contributed by atoms with Crippen molar-refractivity contribution in [1.29, 1.82) is 0 Å². The quantitative estimate of drug-likeness (QED) is 0.370. The molecule has 4 rings (SSSR count). The molecule has 0 aliphatic carbocycles. The van der Waals surface area contributed by atoms with Crippen molar-refractivity contribution in [2.24, 2.45) is 0 Å². The van der Waals surface area contributed by atoms with Gasteiger partial charge in [0.15, 0.2) is 0 Å². The van der Waals surface area contributed by atoms with Gasteiger partial charge in [-0.1, -0.05) is 85.8 Å². The summed E-state index contributed by atoms with van der Waals surface area (Å²) in [6, 6.07) is 26.9. The molecular formula is C29H30N4O2. The molecule has 2 amide bonds. The molecule has 1 aromatic heterocycles. The number of anilines is 1. The molecule has 0 bridgehead atoms. The number of carbonyl (C=O) groups is 2. The molecular weight excluding hydrogens is 436 g/mol. The van der Waals surface area contributed by atoms with E-state index in [1.807, 2.05) is 106 Å². The predicted molar refractivity (Wildman–Crippen MR) is 141 cm³/mol. The van der Waals surface area contributed by atoms with Gasteiger partial charge in [0.1, 0.15) is 0 Å². The van der Waals surface area contributed by atoms with Gasteiger partial charge < -0.3 is 15.5 Å². The van der Waals surface area contributed by atoms with E-state index in [1.54, 1.807) is 4.90 Å². The molecule has 0 radical (unpaired) electrons. The molecule has 0 unspecified atom stereocenters. The number of nitrogens with zero attached hydrogens (tertiary/aromatic N) is 2. The number of hydrogen-bond acceptors (Lipinski definition) is 4. The normalized spacial score (nSPS) is 11.9. The number of nitrogens with one attached hydrogen (secondary N) is 2. The van der Waals surface area contributed by atoms with Gasteiger partial charge in [-0.15, -0.1) is 0 Å². The first-order chi connectivity index (χ1) is 17.0. The molecule has 2 N–H and O–H groups in total. The molecule has 6 heteroatoms. The van der Waals surface area contributed by atoms with Crippen molar-refractivity contribution in [3.05, 3.63) is 96.1 Å². The smallest absolute Gasteiger partial charge is 0.254 e. The molecule has 0 aliphatic rings. The van der Waals surface area contributed by atoms with E-state index < -0.39 is 0 Å². The Morgan fingerprint density at radius 3 is 2.17 bits per heavy atom. The average molecular weight is 467 g/mol. The topological polar surface area (TPSA) is 74.3 Å². The highest BCUT2D eigenvalue weighted by atomic mass is 16.2. The first-order valence-electron chi connectivity index (χ1n) is 11.8. The minimum Gasteiger partial charge on any atom is -0.345 e. The number of benzene rings is 3. The van der Waals surface area contributed by atoms with Crippen LogP contribution < -0.4 is 10.6 Å². The lowest BCUT2D eigenvalue weighted by Crippen LogP contribution is -2.31. The van der Waals surface area contributed by atoms with E-state index in [4.69, 9.17) is 4.98 Å². The molecule has 3 aromatic carbocycles. The number of hydrogen-bond donors (Lipinski definition) is 2. The van der Waals surface area contributed by atoms with E-state index in [0.29, 0.717) is 27.8 Å². The maximum atomic E-state index is 13.9. The number of rotatable bonds is 8. The number of carbonyl (C=O) groups excluding carboxylic acids is 2. The summed E-state index contributed by atoms with van der Waals surface area (Å²) in [6.45, 7) is 2.22. The maximum absolute atomic E-state index is 13.9. The molecule has 0 saturated heterocycles. The molecule has 4 aromatic rings. The van der Waals surface area contributed by atoms with Crippen molar-refractivity contribution >= 4 is 28.4 Å². The molecule has 6 nitrogen and oxygen atoms in total. The summed E-state index contributed by atoms with van der Waals surface area (Å²) >= 11 is 0. The van der Waals surface area contributed by atoms with Crippen molar-refractivity contribution in [3.8, 4) is 11.3 Å².